The third-order valence-electron chi connectivity index (χ3n) is 3.06. The third-order valence-corrected chi connectivity index (χ3v) is 3.06. The first-order valence-electron chi connectivity index (χ1n) is 6.31. The van der Waals surface area contributed by atoms with Crippen molar-refractivity contribution in [2.75, 3.05) is 27.3 Å². The van der Waals surface area contributed by atoms with Crippen LogP contribution in [0.2, 0.25) is 0 Å². The fraction of sp³-hybridized carbons (Fsp3) is 0.429. The summed E-state index contributed by atoms with van der Waals surface area (Å²) in [5, 5.41) is 3.97. The summed E-state index contributed by atoms with van der Waals surface area (Å²) in [6.07, 6.45) is 0.340. The number of carbonyl (C=O) groups is 1. The molecule has 0 saturated carbocycles. The molecule has 1 atom stereocenters. The van der Waals surface area contributed by atoms with Crippen molar-refractivity contribution in [1.29, 1.82) is 0 Å². The molecular weight excluding hydrogens is 263 g/mol. The maximum atomic E-state index is 13.2. The monoisotopic (exact) mass is 280 g/mol. The molecule has 0 spiro atoms. The summed E-state index contributed by atoms with van der Waals surface area (Å²) in [6.45, 7) is 0.464. The molecule has 0 aliphatic carbocycles. The highest BCUT2D eigenvalue weighted by Crippen LogP contribution is 2.18. The first kappa shape index (κ1) is 14.5. The van der Waals surface area contributed by atoms with E-state index in [1.807, 2.05) is 0 Å². The van der Waals surface area contributed by atoms with E-state index < -0.39 is 0 Å². The molecule has 0 unspecified atom stereocenters. The van der Waals surface area contributed by atoms with E-state index >= 15 is 0 Å². The number of methoxy groups -OCH3 is 1. The number of carbonyl (C=O) groups excluding carboxylic acids is 1. The SMILES string of the molecule is COCC(=O)N(C)C[C@@H]1CC(c2cccc(F)c2)=NO1. The van der Waals surface area contributed by atoms with Gasteiger partial charge in [-0.1, -0.05) is 17.3 Å². The third kappa shape index (κ3) is 3.54. The van der Waals surface area contributed by atoms with Crippen molar-refractivity contribution in [3.8, 4) is 0 Å². The van der Waals surface area contributed by atoms with Gasteiger partial charge in [0.2, 0.25) is 5.91 Å². The number of rotatable bonds is 5. The Hall–Kier alpha value is -1.95. The van der Waals surface area contributed by atoms with Crippen molar-refractivity contribution < 1.29 is 18.8 Å². The number of halogens is 1. The van der Waals surface area contributed by atoms with Gasteiger partial charge in [0, 0.05) is 26.1 Å². The van der Waals surface area contributed by atoms with Gasteiger partial charge >= 0.3 is 0 Å². The van der Waals surface area contributed by atoms with Crippen molar-refractivity contribution in [3.63, 3.8) is 0 Å². The van der Waals surface area contributed by atoms with Gasteiger partial charge in [0.15, 0.2) is 6.10 Å². The molecule has 0 aromatic heterocycles. The van der Waals surface area contributed by atoms with E-state index in [-0.39, 0.29) is 24.4 Å². The first-order valence-corrected chi connectivity index (χ1v) is 6.31. The molecule has 108 valence electrons. The zero-order valence-electron chi connectivity index (χ0n) is 11.5. The molecule has 5 nitrogen and oxygen atoms in total. The number of likely N-dealkylation sites (N-methyl/N-ethyl adjacent to an activating group) is 1. The molecule has 1 heterocycles. The lowest BCUT2D eigenvalue weighted by Crippen LogP contribution is -2.36. The highest BCUT2D eigenvalue weighted by Gasteiger charge is 2.25. The molecule has 0 fully saturated rings. The van der Waals surface area contributed by atoms with Crippen LogP contribution in [-0.2, 0) is 14.4 Å². The van der Waals surface area contributed by atoms with Crippen LogP contribution in [0.15, 0.2) is 29.4 Å². The van der Waals surface area contributed by atoms with Crippen molar-refractivity contribution in [2.24, 2.45) is 5.16 Å². The molecule has 1 aromatic carbocycles. The summed E-state index contributed by atoms with van der Waals surface area (Å²) in [5.74, 6) is -0.420. The smallest absolute Gasteiger partial charge is 0.248 e. The average Bonchev–Trinajstić information content (AvgIpc) is 2.87. The van der Waals surface area contributed by atoms with Crippen molar-refractivity contribution >= 4 is 11.6 Å². The molecule has 6 heteroatoms. The fourth-order valence-corrected chi connectivity index (χ4v) is 2.01. The number of amides is 1. The quantitative estimate of drug-likeness (QED) is 0.819. The van der Waals surface area contributed by atoms with Gasteiger partial charge in [-0.2, -0.15) is 0 Å². The Labute approximate surface area is 117 Å². The van der Waals surface area contributed by atoms with Crippen LogP contribution in [0.25, 0.3) is 0 Å². The van der Waals surface area contributed by atoms with Crippen LogP contribution in [0.4, 0.5) is 4.39 Å². The van der Waals surface area contributed by atoms with Gasteiger partial charge < -0.3 is 14.5 Å². The molecule has 0 bridgehead atoms. The van der Waals surface area contributed by atoms with Crippen molar-refractivity contribution in [1.82, 2.24) is 4.90 Å². The summed E-state index contributed by atoms with van der Waals surface area (Å²) in [6, 6.07) is 6.22. The Morgan fingerprint density at radius 3 is 3.10 bits per heavy atom. The molecule has 1 aromatic rings. The minimum absolute atomic E-state index is 0.0425. The summed E-state index contributed by atoms with van der Waals surface area (Å²) in [7, 11) is 3.16. The van der Waals surface area contributed by atoms with E-state index in [0.29, 0.717) is 24.2 Å². The molecule has 1 aliphatic heterocycles. The number of benzene rings is 1. The zero-order valence-corrected chi connectivity index (χ0v) is 11.5. The predicted octanol–water partition coefficient (Wildman–Crippen LogP) is 1.42. The van der Waals surface area contributed by atoms with Gasteiger partial charge in [0.1, 0.15) is 12.4 Å². The van der Waals surface area contributed by atoms with Gasteiger partial charge in [0.25, 0.3) is 0 Å². The second-order valence-corrected chi connectivity index (χ2v) is 4.69. The maximum Gasteiger partial charge on any atom is 0.248 e. The van der Waals surface area contributed by atoms with Gasteiger partial charge in [-0.3, -0.25) is 4.79 Å². The lowest BCUT2D eigenvalue weighted by molar-refractivity contribution is -0.135. The highest BCUT2D eigenvalue weighted by molar-refractivity contribution is 6.01. The van der Waals surface area contributed by atoms with Crippen LogP contribution in [0.1, 0.15) is 12.0 Å². The maximum absolute atomic E-state index is 13.2. The van der Waals surface area contributed by atoms with Crippen LogP contribution in [-0.4, -0.2) is 49.9 Å². The molecule has 1 aliphatic rings. The van der Waals surface area contributed by atoms with E-state index in [1.165, 1.54) is 24.1 Å². The van der Waals surface area contributed by atoms with E-state index in [4.69, 9.17) is 9.57 Å². The minimum atomic E-state index is -0.305. The van der Waals surface area contributed by atoms with Crippen molar-refractivity contribution in [2.45, 2.75) is 12.5 Å². The normalized spacial score (nSPS) is 17.6. The average molecular weight is 280 g/mol. The molecular formula is C14H17FN2O3. The van der Waals surface area contributed by atoms with Gasteiger partial charge in [-0.05, 0) is 12.1 Å². The minimum Gasteiger partial charge on any atom is -0.390 e. The number of hydrogen-bond acceptors (Lipinski definition) is 4. The Bertz CT molecular complexity index is 519. The van der Waals surface area contributed by atoms with Crippen molar-refractivity contribution in [3.05, 3.63) is 35.6 Å². The molecule has 0 saturated heterocycles. The van der Waals surface area contributed by atoms with E-state index in [9.17, 15) is 9.18 Å². The topological polar surface area (TPSA) is 51.1 Å². The Morgan fingerprint density at radius 2 is 2.40 bits per heavy atom. The van der Waals surface area contributed by atoms with Gasteiger partial charge in [-0.25, -0.2) is 4.39 Å². The molecule has 1 amide bonds. The largest absolute Gasteiger partial charge is 0.390 e. The Kier molecular flexibility index (Phi) is 4.68. The van der Waals surface area contributed by atoms with E-state index in [1.54, 1.807) is 19.2 Å². The van der Waals surface area contributed by atoms with Crippen LogP contribution in [0.5, 0.6) is 0 Å². The molecule has 0 N–H and O–H groups in total. The molecule has 20 heavy (non-hydrogen) atoms. The predicted molar refractivity (Wildman–Crippen MR) is 71.9 cm³/mol. The van der Waals surface area contributed by atoms with Crippen LogP contribution in [0, 0.1) is 5.82 Å². The standard InChI is InChI=1S/C14H17FN2O3/c1-17(14(18)9-19-2)8-12-7-13(16-20-12)10-4-3-5-11(15)6-10/h3-6,12H,7-9H2,1-2H3/t12-/m0/s1. The van der Waals surface area contributed by atoms with Crippen LogP contribution < -0.4 is 0 Å². The number of hydrogen-bond donors (Lipinski definition) is 0. The molecule has 0 radical (unpaired) electrons. The highest BCUT2D eigenvalue weighted by atomic mass is 19.1. The second kappa shape index (κ2) is 6.47. The summed E-state index contributed by atoms with van der Waals surface area (Å²) < 4.78 is 17.9. The first-order chi connectivity index (χ1) is 9.60. The lowest BCUT2D eigenvalue weighted by atomic mass is 10.0. The number of oxime groups is 1. The summed E-state index contributed by atoms with van der Waals surface area (Å²) >= 11 is 0. The van der Waals surface area contributed by atoms with Gasteiger partial charge in [0.05, 0.1) is 12.3 Å². The van der Waals surface area contributed by atoms with Gasteiger partial charge in [-0.15, -0.1) is 0 Å². The Balaban J connectivity index is 1.90. The molecule has 2 rings (SSSR count). The fourth-order valence-electron chi connectivity index (χ4n) is 2.01. The van der Waals surface area contributed by atoms with Crippen LogP contribution in [0.3, 0.4) is 0 Å². The number of nitrogens with zero attached hydrogens (tertiary/aromatic N) is 2. The van der Waals surface area contributed by atoms with Crippen LogP contribution >= 0.6 is 0 Å². The lowest BCUT2D eigenvalue weighted by Gasteiger charge is -2.19. The van der Waals surface area contributed by atoms with E-state index in [2.05, 4.69) is 5.16 Å². The summed E-state index contributed by atoms with van der Waals surface area (Å²) in [5.41, 5.74) is 1.40. The second-order valence-electron chi connectivity index (χ2n) is 4.69. The zero-order chi connectivity index (χ0) is 14.5. The number of ether oxygens (including phenoxy) is 1. The Morgan fingerprint density at radius 1 is 1.60 bits per heavy atom. The van der Waals surface area contributed by atoms with E-state index in [0.717, 1.165) is 0 Å². The summed E-state index contributed by atoms with van der Waals surface area (Å²) in [4.78, 5) is 18.4.